The molecule has 0 aliphatic heterocycles. The van der Waals surface area contributed by atoms with Crippen LogP contribution in [0.4, 0.5) is 5.69 Å². The summed E-state index contributed by atoms with van der Waals surface area (Å²) < 4.78 is 0. The molecular weight excluding hydrogens is 224 g/mol. The lowest BCUT2D eigenvalue weighted by molar-refractivity contribution is -0.384. The maximum atomic E-state index is 10.3. The van der Waals surface area contributed by atoms with Crippen LogP contribution in [0.25, 0.3) is 0 Å². The van der Waals surface area contributed by atoms with Crippen LogP contribution in [0.3, 0.4) is 0 Å². The zero-order valence-corrected chi connectivity index (χ0v) is 8.56. The Bertz CT molecular complexity index is 381. The van der Waals surface area contributed by atoms with E-state index in [2.05, 4.69) is 5.73 Å². The third-order valence-corrected chi connectivity index (χ3v) is 1.78. The molecule has 15 heavy (non-hydrogen) atoms. The quantitative estimate of drug-likeness (QED) is 0.455. The fourth-order valence-electron chi connectivity index (χ4n) is 0.816. The summed E-state index contributed by atoms with van der Waals surface area (Å²) >= 11 is 5.41. The van der Waals surface area contributed by atoms with Crippen LogP contribution in [-0.2, 0) is 0 Å². The molecule has 1 rings (SSSR count). The summed E-state index contributed by atoms with van der Waals surface area (Å²) in [5.41, 5.74) is 4.03. The Balaban J connectivity index is 0.000000921. The first kappa shape index (κ1) is 13.3. The average molecular weight is 233 g/mol. The summed E-state index contributed by atoms with van der Waals surface area (Å²) in [4.78, 5) is 19.8. The number of aldehydes is 1. The number of carbonyl (C=O) groups excluding carboxylic acids is 1. The standard InChI is InChI=1S/C7H4ClNO4.CH5N/c8-7-5(9(12)13)1-4(3-10)2-6(7)11;1-2/h1-3,11H;2H2,1H3. The van der Waals surface area contributed by atoms with Gasteiger partial charge in [-0.15, -0.1) is 0 Å². The van der Waals surface area contributed by atoms with Crippen LogP contribution < -0.4 is 5.73 Å². The molecule has 6 nitrogen and oxygen atoms in total. The number of rotatable bonds is 2. The van der Waals surface area contributed by atoms with Crippen molar-refractivity contribution >= 4 is 23.6 Å². The van der Waals surface area contributed by atoms with Gasteiger partial charge in [0, 0.05) is 11.6 Å². The van der Waals surface area contributed by atoms with Gasteiger partial charge < -0.3 is 10.8 Å². The van der Waals surface area contributed by atoms with Gasteiger partial charge in [-0.1, -0.05) is 11.6 Å². The van der Waals surface area contributed by atoms with Crippen molar-refractivity contribution < 1.29 is 14.8 Å². The SMILES string of the molecule is CN.O=Cc1cc(O)c(Cl)c([N+](=O)[O-])c1. The summed E-state index contributed by atoms with van der Waals surface area (Å²) in [7, 11) is 1.50. The first-order valence-corrected chi connectivity index (χ1v) is 4.14. The maximum absolute atomic E-state index is 10.3. The van der Waals surface area contributed by atoms with Crippen molar-refractivity contribution in [3.63, 3.8) is 0 Å². The van der Waals surface area contributed by atoms with Crippen molar-refractivity contribution in [3.05, 3.63) is 32.8 Å². The van der Waals surface area contributed by atoms with E-state index in [0.29, 0.717) is 6.29 Å². The smallest absolute Gasteiger partial charge is 0.292 e. The second-order valence-electron chi connectivity index (χ2n) is 2.25. The molecule has 1 aromatic carbocycles. The molecule has 7 heteroatoms. The lowest BCUT2D eigenvalue weighted by atomic mass is 10.2. The number of hydrogen-bond acceptors (Lipinski definition) is 5. The van der Waals surface area contributed by atoms with E-state index in [9.17, 15) is 14.9 Å². The number of carbonyl (C=O) groups is 1. The van der Waals surface area contributed by atoms with E-state index in [1.807, 2.05) is 0 Å². The van der Waals surface area contributed by atoms with Gasteiger partial charge in [0.2, 0.25) is 0 Å². The summed E-state index contributed by atoms with van der Waals surface area (Å²) in [6, 6.07) is 2.05. The molecule has 0 aliphatic rings. The van der Waals surface area contributed by atoms with E-state index in [4.69, 9.17) is 16.7 Å². The van der Waals surface area contributed by atoms with E-state index in [1.165, 1.54) is 7.05 Å². The predicted octanol–water partition coefficient (Wildman–Crippen LogP) is 1.34. The largest absolute Gasteiger partial charge is 0.506 e. The highest BCUT2D eigenvalue weighted by molar-refractivity contribution is 6.34. The van der Waals surface area contributed by atoms with Gasteiger partial charge in [-0.25, -0.2) is 0 Å². The maximum Gasteiger partial charge on any atom is 0.292 e. The molecule has 0 saturated heterocycles. The molecule has 0 bridgehead atoms. The first-order chi connectivity index (χ1) is 7.06. The second-order valence-corrected chi connectivity index (χ2v) is 2.63. The van der Waals surface area contributed by atoms with Crippen LogP contribution in [0.15, 0.2) is 12.1 Å². The van der Waals surface area contributed by atoms with Crippen LogP contribution in [0, 0.1) is 10.1 Å². The van der Waals surface area contributed by atoms with E-state index in [0.717, 1.165) is 12.1 Å². The number of nitro groups is 1. The zero-order chi connectivity index (χ0) is 12.0. The minimum absolute atomic E-state index is 0.00796. The summed E-state index contributed by atoms with van der Waals surface area (Å²) in [6.45, 7) is 0. The van der Waals surface area contributed by atoms with Gasteiger partial charge in [-0.05, 0) is 13.1 Å². The van der Waals surface area contributed by atoms with E-state index < -0.39 is 16.4 Å². The fraction of sp³-hybridized carbons (Fsp3) is 0.125. The van der Waals surface area contributed by atoms with Crippen LogP contribution in [0.2, 0.25) is 5.02 Å². The molecule has 0 atom stereocenters. The lowest BCUT2D eigenvalue weighted by Crippen LogP contribution is -1.91. The monoisotopic (exact) mass is 232 g/mol. The van der Waals surface area contributed by atoms with Crippen molar-refractivity contribution in [2.24, 2.45) is 5.73 Å². The Morgan fingerprint density at radius 2 is 2.07 bits per heavy atom. The molecule has 0 heterocycles. The Morgan fingerprint density at radius 1 is 1.53 bits per heavy atom. The van der Waals surface area contributed by atoms with Crippen molar-refractivity contribution in [1.29, 1.82) is 0 Å². The van der Waals surface area contributed by atoms with E-state index >= 15 is 0 Å². The molecule has 82 valence electrons. The van der Waals surface area contributed by atoms with Crippen molar-refractivity contribution in [1.82, 2.24) is 0 Å². The summed E-state index contributed by atoms with van der Waals surface area (Å²) in [5.74, 6) is -0.474. The Labute approximate surface area is 90.4 Å². The highest BCUT2D eigenvalue weighted by Gasteiger charge is 2.17. The number of nitro benzene ring substituents is 1. The van der Waals surface area contributed by atoms with Gasteiger partial charge in [0.15, 0.2) is 5.02 Å². The number of phenols is 1. The van der Waals surface area contributed by atoms with Crippen molar-refractivity contribution in [2.75, 3.05) is 7.05 Å². The molecule has 0 aliphatic carbocycles. The second kappa shape index (κ2) is 5.94. The third-order valence-electron chi connectivity index (χ3n) is 1.39. The van der Waals surface area contributed by atoms with Crippen LogP contribution >= 0.6 is 11.6 Å². The van der Waals surface area contributed by atoms with Gasteiger partial charge in [0.1, 0.15) is 12.0 Å². The zero-order valence-electron chi connectivity index (χ0n) is 7.81. The number of benzene rings is 1. The molecule has 3 N–H and O–H groups in total. The van der Waals surface area contributed by atoms with Gasteiger partial charge in [0.25, 0.3) is 5.69 Å². The summed E-state index contributed by atoms with van der Waals surface area (Å²) in [5, 5.41) is 19.0. The minimum Gasteiger partial charge on any atom is -0.506 e. The Hall–Kier alpha value is -1.66. The number of nitrogens with zero attached hydrogens (tertiary/aromatic N) is 1. The van der Waals surface area contributed by atoms with Crippen LogP contribution in [-0.4, -0.2) is 23.4 Å². The van der Waals surface area contributed by atoms with Gasteiger partial charge in [-0.3, -0.25) is 14.9 Å². The molecule has 0 unspecified atom stereocenters. The Kier molecular flexibility index (Phi) is 5.29. The van der Waals surface area contributed by atoms with Crippen LogP contribution in [0.1, 0.15) is 10.4 Å². The third kappa shape index (κ3) is 3.19. The van der Waals surface area contributed by atoms with Crippen molar-refractivity contribution in [3.8, 4) is 5.75 Å². The van der Waals surface area contributed by atoms with E-state index in [1.54, 1.807) is 0 Å². The number of halogens is 1. The lowest BCUT2D eigenvalue weighted by Gasteiger charge is -1.98. The number of nitrogens with two attached hydrogens (primary N) is 1. The number of hydrogen-bond donors (Lipinski definition) is 2. The topological polar surface area (TPSA) is 106 Å². The highest BCUT2D eigenvalue weighted by atomic mass is 35.5. The van der Waals surface area contributed by atoms with Gasteiger partial charge in [0.05, 0.1) is 4.92 Å². The molecule has 0 aromatic heterocycles. The van der Waals surface area contributed by atoms with Crippen LogP contribution in [0.5, 0.6) is 5.75 Å². The molecule has 0 fully saturated rings. The minimum atomic E-state index is -0.769. The molecule has 1 aromatic rings. The molecule has 0 saturated carbocycles. The highest BCUT2D eigenvalue weighted by Crippen LogP contribution is 2.33. The average Bonchev–Trinajstić information content (AvgIpc) is 2.24. The molecule has 0 amide bonds. The molecule has 0 radical (unpaired) electrons. The molecule has 0 spiro atoms. The Morgan fingerprint density at radius 3 is 2.47 bits per heavy atom. The number of phenolic OH excluding ortho intramolecular Hbond substituents is 1. The predicted molar refractivity (Wildman–Crippen MR) is 55.3 cm³/mol. The number of aromatic hydroxyl groups is 1. The van der Waals surface area contributed by atoms with Gasteiger partial charge in [-0.2, -0.15) is 0 Å². The molecular formula is C8H9ClN2O4. The summed E-state index contributed by atoms with van der Waals surface area (Å²) in [6.07, 6.45) is 0.392. The first-order valence-electron chi connectivity index (χ1n) is 3.76. The van der Waals surface area contributed by atoms with Gasteiger partial charge >= 0.3 is 0 Å². The van der Waals surface area contributed by atoms with E-state index in [-0.39, 0.29) is 10.6 Å². The fourth-order valence-corrected chi connectivity index (χ4v) is 0.994. The normalized spacial score (nSPS) is 8.73. The van der Waals surface area contributed by atoms with Crippen molar-refractivity contribution in [2.45, 2.75) is 0 Å².